The molecule has 0 spiro atoms. The van der Waals surface area contributed by atoms with E-state index in [0.29, 0.717) is 0 Å². The van der Waals surface area contributed by atoms with Crippen LogP contribution >= 0.6 is 23.1 Å². The molecule has 3 heterocycles. The maximum Gasteiger partial charge on any atom is 0.363 e. The first-order valence-electron chi connectivity index (χ1n) is 7.46. The molecule has 2 aromatic rings. The van der Waals surface area contributed by atoms with Crippen LogP contribution in [0.15, 0.2) is 15.7 Å². The molecule has 3 rings (SSSR count). The van der Waals surface area contributed by atoms with Crippen molar-refractivity contribution < 1.29 is 27.4 Å². The molecule has 2 amide bonds. The molecule has 1 saturated heterocycles. The molecule has 1 aliphatic rings. The van der Waals surface area contributed by atoms with Crippen LogP contribution in [0.1, 0.15) is 5.69 Å². The fourth-order valence-corrected chi connectivity index (χ4v) is 5.00. The van der Waals surface area contributed by atoms with E-state index in [1.807, 2.05) is 0 Å². The van der Waals surface area contributed by atoms with Crippen LogP contribution in [0.4, 0.5) is 5.13 Å². The number of carbonyl (C=O) groups is 2. The standard InChI is InChI=1S/C11H13N9O6S3/c1-19-11(15-17-18-19)28-9-6(8(22)20(9)29(23,24)25)14-7(21)5(16-26-2)4-3-27-10(12)13-4/h3,6,9H,1-2H3,(H2,12,13)(H,14,21)(H,23,24,25)/b16-5-/t6-,9+/m1/s1. The number of amides is 2. The van der Waals surface area contributed by atoms with Crippen molar-refractivity contribution in [3.8, 4) is 0 Å². The number of nitrogens with two attached hydrogens (primary N) is 1. The van der Waals surface area contributed by atoms with Gasteiger partial charge in [0.1, 0.15) is 24.2 Å². The van der Waals surface area contributed by atoms with Crippen molar-refractivity contribution in [2.24, 2.45) is 12.2 Å². The van der Waals surface area contributed by atoms with Gasteiger partial charge < -0.3 is 15.9 Å². The highest BCUT2D eigenvalue weighted by atomic mass is 32.2. The summed E-state index contributed by atoms with van der Waals surface area (Å²) in [6.07, 6.45) is 0. The minimum Gasteiger partial charge on any atom is -0.398 e. The molecule has 1 aliphatic heterocycles. The van der Waals surface area contributed by atoms with Crippen LogP contribution < -0.4 is 11.1 Å². The van der Waals surface area contributed by atoms with Crippen molar-refractivity contribution in [3.63, 3.8) is 0 Å². The van der Waals surface area contributed by atoms with E-state index in [9.17, 15) is 22.6 Å². The Hall–Kier alpha value is -2.83. The zero-order valence-electron chi connectivity index (χ0n) is 14.7. The minimum absolute atomic E-state index is 0.104. The number of nitrogens with one attached hydrogen (secondary N) is 1. The lowest BCUT2D eigenvalue weighted by Crippen LogP contribution is -2.71. The highest BCUT2D eigenvalue weighted by molar-refractivity contribution is 8.00. The molecular weight excluding hydrogens is 450 g/mol. The number of rotatable bonds is 7. The molecule has 4 N–H and O–H groups in total. The number of anilines is 1. The minimum atomic E-state index is -4.88. The summed E-state index contributed by atoms with van der Waals surface area (Å²) < 4.78 is 33.9. The van der Waals surface area contributed by atoms with Crippen molar-refractivity contribution in [2.75, 3.05) is 12.8 Å². The maximum absolute atomic E-state index is 12.6. The van der Waals surface area contributed by atoms with Crippen LogP contribution in [0.3, 0.4) is 0 Å². The van der Waals surface area contributed by atoms with Crippen LogP contribution in [0.5, 0.6) is 0 Å². The van der Waals surface area contributed by atoms with E-state index >= 15 is 0 Å². The highest BCUT2D eigenvalue weighted by Gasteiger charge is 2.55. The molecule has 0 radical (unpaired) electrons. The van der Waals surface area contributed by atoms with E-state index in [1.165, 1.54) is 24.2 Å². The van der Waals surface area contributed by atoms with Gasteiger partial charge in [-0.2, -0.15) is 12.7 Å². The van der Waals surface area contributed by atoms with Crippen LogP contribution in [0.2, 0.25) is 0 Å². The van der Waals surface area contributed by atoms with Gasteiger partial charge in [-0.05, 0) is 10.4 Å². The molecule has 18 heteroatoms. The zero-order valence-corrected chi connectivity index (χ0v) is 17.1. The summed E-state index contributed by atoms with van der Waals surface area (Å²) in [5.41, 5.74) is 5.38. The summed E-state index contributed by atoms with van der Waals surface area (Å²) >= 11 is 1.81. The molecule has 0 aliphatic carbocycles. The molecule has 0 saturated carbocycles. The average molecular weight is 463 g/mol. The maximum atomic E-state index is 12.6. The van der Waals surface area contributed by atoms with Gasteiger partial charge in [-0.3, -0.25) is 14.1 Å². The third kappa shape index (κ3) is 4.13. The first-order valence-corrected chi connectivity index (χ1v) is 10.6. The number of hydrogen-bond donors (Lipinski definition) is 3. The number of tetrazole rings is 1. The van der Waals surface area contributed by atoms with E-state index in [1.54, 1.807) is 0 Å². The van der Waals surface area contributed by atoms with Gasteiger partial charge in [0.05, 0.1) is 0 Å². The van der Waals surface area contributed by atoms with Crippen LogP contribution in [-0.4, -0.2) is 78.5 Å². The Balaban J connectivity index is 1.85. The SMILES string of the molecule is CO/N=C(\C(=O)N[C@@H]1C(=O)N(S(=O)(=O)O)[C@H]1Sc1nnnn1C)c1csc(N)n1. The van der Waals surface area contributed by atoms with Crippen molar-refractivity contribution >= 4 is 56.1 Å². The highest BCUT2D eigenvalue weighted by Crippen LogP contribution is 2.35. The third-order valence-corrected chi connectivity index (χ3v) is 6.50. The lowest BCUT2D eigenvalue weighted by Gasteiger charge is -2.42. The molecule has 0 bridgehead atoms. The second-order valence-electron chi connectivity index (χ2n) is 5.35. The smallest absolute Gasteiger partial charge is 0.363 e. The van der Waals surface area contributed by atoms with E-state index in [4.69, 9.17) is 5.73 Å². The van der Waals surface area contributed by atoms with E-state index in [2.05, 4.69) is 35.8 Å². The number of β-lactam (4-membered cyclic amide) rings is 1. The van der Waals surface area contributed by atoms with Crippen LogP contribution in [-0.2, 0) is 31.8 Å². The second kappa shape index (κ2) is 7.89. The predicted octanol–water partition coefficient (Wildman–Crippen LogP) is -2.15. The number of nitrogen functional groups attached to an aromatic ring is 1. The van der Waals surface area contributed by atoms with Gasteiger partial charge in [-0.25, -0.2) is 9.67 Å². The molecule has 0 unspecified atom stereocenters. The molecule has 29 heavy (non-hydrogen) atoms. The Bertz CT molecular complexity index is 1080. The Kier molecular flexibility index (Phi) is 5.68. The summed E-state index contributed by atoms with van der Waals surface area (Å²) in [6, 6.07) is -1.33. The summed E-state index contributed by atoms with van der Waals surface area (Å²) in [5.74, 6) is -1.92. The number of thiazole rings is 1. The van der Waals surface area contributed by atoms with Gasteiger partial charge in [0.2, 0.25) is 5.16 Å². The van der Waals surface area contributed by atoms with Crippen molar-refractivity contribution in [1.29, 1.82) is 0 Å². The lowest BCUT2D eigenvalue weighted by molar-refractivity contribution is -0.140. The number of aromatic nitrogens is 5. The quantitative estimate of drug-likeness (QED) is 0.174. The normalized spacial score (nSPS) is 19.8. The van der Waals surface area contributed by atoms with Gasteiger partial charge >= 0.3 is 10.3 Å². The first-order chi connectivity index (χ1) is 13.6. The fraction of sp³-hybridized carbons (Fsp3) is 0.364. The lowest BCUT2D eigenvalue weighted by atomic mass is 10.1. The van der Waals surface area contributed by atoms with Gasteiger partial charge in [-0.1, -0.05) is 16.9 Å². The zero-order chi connectivity index (χ0) is 21.3. The Morgan fingerprint density at radius 3 is 2.76 bits per heavy atom. The number of nitrogens with zero attached hydrogens (tertiary/aromatic N) is 7. The molecular formula is C11H13N9O6S3. The molecule has 156 valence electrons. The molecule has 0 aromatic carbocycles. The molecule has 15 nitrogen and oxygen atoms in total. The Morgan fingerprint density at radius 2 is 2.24 bits per heavy atom. The number of hydrogen-bond acceptors (Lipinski definition) is 13. The predicted molar refractivity (Wildman–Crippen MR) is 98.8 cm³/mol. The average Bonchev–Trinajstić information content (AvgIpc) is 3.24. The summed E-state index contributed by atoms with van der Waals surface area (Å²) in [5, 5.41) is 17.2. The van der Waals surface area contributed by atoms with Gasteiger partial charge in [-0.15, -0.1) is 16.4 Å². The molecule has 2 atom stereocenters. The topological polar surface area (TPSA) is 208 Å². The number of aryl methyl sites for hydroxylation is 1. The van der Waals surface area contributed by atoms with E-state index in [0.717, 1.165) is 23.1 Å². The van der Waals surface area contributed by atoms with Gasteiger partial charge in [0.15, 0.2) is 10.8 Å². The first kappa shape index (κ1) is 20.9. The third-order valence-electron chi connectivity index (χ3n) is 3.50. The van der Waals surface area contributed by atoms with E-state index in [-0.39, 0.29) is 26.0 Å². The van der Waals surface area contributed by atoms with Gasteiger partial charge in [0, 0.05) is 12.4 Å². The molecule has 2 aromatic heterocycles. The number of oxime groups is 1. The van der Waals surface area contributed by atoms with Crippen LogP contribution in [0, 0.1) is 0 Å². The monoisotopic (exact) mass is 463 g/mol. The van der Waals surface area contributed by atoms with E-state index < -0.39 is 33.5 Å². The molecule has 1 fully saturated rings. The van der Waals surface area contributed by atoms with Crippen molar-refractivity contribution in [3.05, 3.63) is 11.1 Å². The Labute approximate surface area is 171 Å². The van der Waals surface area contributed by atoms with Crippen LogP contribution in [0.25, 0.3) is 0 Å². The fourth-order valence-electron chi connectivity index (χ4n) is 2.26. The number of carbonyl (C=O) groups excluding carboxylic acids is 2. The van der Waals surface area contributed by atoms with Crippen molar-refractivity contribution in [1.82, 2.24) is 34.8 Å². The summed E-state index contributed by atoms with van der Waals surface area (Å²) in [6.45, 7) is 0. The largest absolute Gasteiger partial charge is 0.398 e. The number of thioether (sulfide) groups is 1. The van der Waals surface area contributed by atoms with Crippen molar-refractivity contribution in [2.45, 2.75) is 16.6 Å². The Morgan fingerprint density at radius 1 is 1.52 bits per heavy atom. The summed E-state index contributed by atoms with van der Waals surface area (Å²) in [4.78, 5) is 33.5. The summed E-state index contributed by atoms with van der Waals surface area (Å²) in [7, 11) is -2.18. The second-order valence-corrected chi connectivity index (χ2v) is 8.61. The van der Waals surface area contributed by atoms with Gasteiger partial charge in [0.25, 0.3) is 11.8 Å².